The molecule has 0 aromatic heterocycles. The molecule has 3 aromatic carbocycles. The van der Waals surface area contributed by atoms with E-state index in [4.69, 9.17) is 34.8 Å². The Balaban J connectivity index is 1.69. The topological polar surface area (TPSA) is 86.8 Å². The lowest BCUT2D eigenvalue weighted by Crippen LogP contribution is -2.52. The van der Waals surface area contributed by atoms with Crippen molar-refractivity contribution in [1.82, 2.24) is 10.2 Å². The van der Waals surface area contributed by atoms with Gasteiger partial charge in [-0.1, -0.05) is 71.9 Å². The largest absolute Gasteiger partial charge is 0.352 e. The van der Waals surface area contributed by atoms with Crippen LogP contribution in [0.4, 0.5) is 5.69 Å². The number of rotatable bonds is 10. The van der Waals surface area contributed by atoms with E-state index in [0.717, 1.165) is 30.0 Å². The van der Waals surface area contributed by atoms with E-state index < -0.39 is 28.5 Å². The van der Waals surface area contributed by atoms with Crippen LogP contribution in [0.5, 0.6) is 0 Å². The summed E-state index contributed by atoms with van der Waals surface area (Å²) in [7, 11) is -4.18. The number of carbonyl (C=O) groups is 2. The first-order valence-corrected chi connectivity index (χ1v) is 15.5. The fourth-order valence-corrected chi connectivity index (χ4v) is 6.74. The van der Waals surface area contributed by atoms with E-state index in [0.29, 0.717) is 26.3 Å². The molecule has 0 heterocycles. The summed E-state index contributed by atoms with van der Waals surface area (Å²) in [5.41, 5.74) is 0.760. The van der Waals surface area contributed by atoms with Gasteiger partial charge >= 0.3 is 0 Å². The molecule has 0 unspecified atom stereocenters. The van der Waals surface area contributed by atoms with Gasteiger partial charge in [0.15, 0.2) is 0 Å². The van der Waals surface area contributed by atoms with Crippen molar-refractivity contribution in [3.05, 3.63) is 93.4 Å². The van der Waals surface area contributed by atoms with Crippen LogP contribution in [-0.4, -0.2) is 43.8 Å². The number of para-hydroxylation sites is 1. The highest BCUT2D eigenvalue weighted by Crippen LogP contribution is 2.29. The van der Waals surface area contributed by atoms with Gasteiger partial charge in [-0.3, -0.25) is 13.9 Å². The van der Waals surface area contributed by atoms with Gasteiger partial charge in [-0.15, -0.1) is 0 Å². The number of nitrogens with zero attached hydrogens (tertiary/aromatic N) is 2. The molecule has 4 rings (SSSR count). The van der Waals surface area contributed by atoms with E-state index in [1.165, 1.54) is 29.2 Å². The van der Waals surface area contributed by atoms with Gasteiger partial charge in [0.05, 0.1) is 10.6 Å². The summed E-state index contributed by atoms with van der Waals surface area (Å²) in [4.78, 5) is 28.6. The quantitative estimate of drug-likeness (QED) is 0.287. The maximum absolute atomic E-state index is 14.0. The summed E-state index contributed by atoms with van der Waals surface area (Å²) in [5.74, 6) is -0.915. The van der Waals surface area contributed by atoms with Crippen LogP contribution in [0.1, 0.15) is 38.2 Å². The number of halogens is 3. The molecule has 1 fully saturated rings. The Bertz CT molecular complexity index is 1430. The number of anilines is 1. The first-order chi connectivity index (χ1) is 19.1. The lowest BCUT2D eigenvalue weighted by molar-refractivity contribution is -0.139. The van der Waals surface area contributed by atoms with E-state index in [9.17, 15) is 18.0 Å². The molecule has 1 atom stereocenters. The zero-order valence-corrected chi connectivity index (χ0v) is 25.0. The molecule has 0 radical (unpaired) electrons. The Hall–Kier alpha value is -2.78. The third-order valence-corrected chi connectivity index (χ3v) is 9.73. The molecule has 11 heteroatoms. The maximum Gasteiger partial charge on any atom is 0.264 e. The van der Waals surface area contributed by atoms with Gasteiger partial charge in [0.25, 0.3) is 10.0 Å². The second-order valence-electron chi connectivity index (χ2n) is 9.69. The predicted molar refractivity (Wildman–Crippen MR) is 159 cm³/mol. The van der Waals surface area contributed by atoms with E-state index in [-0.39, 0.29) is 23.4 Å². The summed E-state index contributed by atoms with van der Waals surface area (Å²) in [6.07, 6.45) is 3.82. The molecular formula is C29H30Cl3N3O4S. The predicted octanol–water partition coefficient (Wildman–Crippen LogP) is 6.32. The molecule has 212 valence electrons. The van der Waals surface area contributed by atoms with Crippen LogP contribution in [0, 0.1) is 0 Å². The van der Waals surface area contributed by atoms with Crippen molar-refractivity contribution >= 4 is 62.3 Å². The monoisotopic (exact) mass is 621 g/mol. The highest BCUT2D eigenvalue weighted by atomic mass is 35.5. The fourth-order valence-electron chi connectivity index (χ4n) is 4.69. The average molecular weight is 623 g/mol. The number of hydrogen-bond acceptors (Lipinski definition) is 4. The number of carbonyl (C=O) groups excluding carboxylic acids is 2. The Kier molecular flexibility index (Phi) is 10.0. The molecule has 1 saturated carbocycles. The summed E-state index contributed by atoms with van der Waals surface area (Å²) >= 11 is 18.8. The SMILES string of the molecule is C[C@@H](C(=O)NC1CCCC1)N(Cc1c(Cl)cccc1Cl)C(=O)CN(c1ccccc1)S(=O)(=O)c1ccc(Cl)cc1. The van der Waals surface area contributed by atoms with E-state index in [1.807, 2.05) is 0 Å². The molecule has 2 amide bonds. The first-order valence-electron chi connectivity index (χ1n) is 12.9. The lowest BCUT2D eigenvalue weighted by Gasteiger charge is -2.33. The zero-order valence-electron chi connectivity index (χ0n) is 21.9. The fraction of sp³-hybridized carbons (Fsp3) is 0.310. The van der Waals surface area contributed by atoms with Crippen LogP contribution in [0.25, 0.3) is 0 Å². The molecule has 0 aliphatic heterocycles. The Morgan fingerprint density at radius 3 is 2.10 bits per heavy atom. The summed E-state index contributed by atoms with van der Waals surface area (Å²) in [5, 5.41) is 4.08. The van der Waals surface area contributed by atoms with Crippen LogP contribution >= 0.6 is 34.8 Å². The third kappa shape index (κ3) is 7.10. The number of amides is 2. The minimum atomic E-state index is -4.18. The molecule has 40 heavy (non-hydrogen) atoms. The van der Waals surface area contributed by atoms with Crippen molar-refractivity contribution in [3.63, 3.8) is 0 Å². The van der Waals surface area contributed by atoms with E-state index in [1.54, 1.807) is 55.5 Å². The molecule has 3 aromatic rings. The summed E-state index contributed by atoms with van der Waals surface area (Å²) in [6, 6.07) is 18.1. The van der Waals surface area contributed by atoms with E-state index in [2.05, 4.69) is 5.32 Å². The Morgan fingerprint density at radius 2 is 1.50 bits per heavy atom. The molecule has 1 aliphatic rings. The average Bonchev–Trinajstić information content (AvgIpc) is 3.45. The minimum Gasteiger partial charge on any atom is -0.352 e. The van der Waals surface area contributed by atoms with Crippen LogP contribution < -0.4 is 9.62 Å². The van der Waals surface area contributed by atoms with Gasteiger partial charge in [-0.2, -0.15) is 0 Å². The lowest BCUT2D eigenvalue weighted by atomic mass is 10.1. The number of hydrogen-bond donors (Lipinski definition) is 1. The first kappa shape index (κ1) is 30.2. The second-order valence-corrected chi connectivity index (χ2v) is 12.8. The molecule has 1 N–H and O–H groups in total. The Labute approximate surface area is 250 Å². The van der Waals surface area contributed by atoms with E-state index >= 15 is 0 Å². The normalized spacial score (nSPS) is 14.5. The van der Waals surface area contributed by atoms with Crippen LogP contribution in [-0.2, 0) is 26.2 Å². The van der Waals surface area contributed by atoms with Gasteiger partial charge in [-0.25, -0.2) is 8.42 Å². The van der Waals surface area contributed by atoms with Crippen LogP contribution in [0.2, 0.25) is 15.1 Å². The van der Waals surface area contributed by atoms with Crippen LogP contribution in [0.15, 0.2) is 77.7 Å². The maximum atomic E-state index is 14.0. The van der Waals surface area contributed by atoms with Crippen molar-refractivity contribution < 1.29 is 18.0 Å². The summed E-state index contributed by atoms with van der Waals surface area (Å²) < 4.78 is 28.6. The number of benzene rings is 3. The highest BCUT2D eigenvalue weighted by molar-refractivity contribution is 7.92. The smallest absolute Gasteiger partial charge is 0.264 e. The highest BCUT2D eigenvalue weighted by Gasteiger charge is 2.34. The van der Waals surface area contributed by atoms with Gasteiger partial charge < -0.3 is 10.2 Å². The standard InChI is InChI=1S/C29H30Cl3N3O4S/c1-20(29(37)33-22-8-5-6-9-22)34(18-25-26(31)12-7-13-27(25)32)28(36)19-35(23-10-3-2-4-11-23)40(38,39)24-16-14-21(30)15-17-24/h2-4,7,10-17,20,22H,5-6,8-9,18-19H2,1H3,(H,33,37)/t20-/m0/s1. The van der Waals surface area contributed by atoms with Crippen molar-refractivity contribution in [3.8, 4) is 0 Å². The Morgan fingerprint density at radius 1 is 0.900 bits per heavy atom. The minimum absolute atomic E-state index is 0.0266. The van der Waals surface area contributed by atoms with Crippen molar-refractivity contribution in [1.29, 1.82) is 0 Å². The van der Waals surface area contributed by atoms with Crippen molar-refractivity contribution in [2.45, 2.75) is 56.1 Å². The van der Waals surface area contributed by atoms with Crippen molar-refractivity contribution in [2.24, 2.45) is 0 Å². The van der Waals surface area contributed by atoms with Gasteiger partial charge in [-0.05, 0) is 68.3 Å². The van der Waals surface area contributed by atoms with Crippen LogP contribution in [0.3, 0.4) is 0 Å². The van der Waals surface area contributed by atoms with Gasteiger partial charge in [0.2, 0.25) is 11.8 Å². The second kappa shape index (κ2) is 13.3. The molecular weight excluding hydrogens is 593 g/mol. The molecule has 0 bridgehead atoms. The molecule has 0 saturated heterocycles. The molecule has 1 aliphatic carbocycles. The van der Waals surface area contributed by atoms with Gasteiger partial charge in [0, 0.05) is 33.2 Å². The summed E-state index contributed by atoms with van der Waals surface area (Å²) in [6.45, 7) is 0.978. The third-order valence-electron chi connectivity index (χ3n) is 6.98. The molecule has 0 spiro atoms. The zero-order chi connectivity index (χ0) is 28.9. The molecule has 7 nitrogen and oxygen atoms in total. The number of sulfonamides is 1. The van der Waals surface area contributed by atoms with Gasteiger partial charge in [0.1, 0.15) is 12.6 Å². The number of nitrogens with one attached hydrogen (secondary N) is 1. The van der Waals surface area contributed by atoms with Crippen molar-refractivity contribution in [2.75, 3.05) is 10.8 Å².